The maximum atomic E-state index is 12.0. The first-order chi connectivity index (χ1) is 5.79. The minimum Gasteiger partial charge on any atom is -0.468 e. The lowest BCUT2D eigenvalue weighted by molar-refractivity contribution is -0.174. The van der Waals surface area contributed by atoms with Crippen molar-refractivity contribution in [2.24, 2.45) is 11.7 Å². The fourth-order valence-corrected chi connectivity index (χ4v) is 0.762. The Labute approximate surface area is 74.0 Å². The van der Waals surface area contributed by atoms with Crippen molar-refractivity contribution in [3.05, 3.63) is 0 Å². The van der Waals surface area contributed by atoms with Gasteiger partial charge in [0.25, 0.3) is 0 Å². The number of rotatable bonds is 3. The molecular weight excluding hydrogens is 187 g/mol. The zero-order chi connectivity index (χ0) is 10.6. The molecule has 2 unspecified atom stereocenters. The molecule has 13 heavy (non-hydrogen) atoms. The molecule has 0 radical (unpaired) electrons. The Balaban J connectivity index is 4.06. The van der Waals surface area contributed by atoms with E-state index in [0.717, 1.165) is 14.0 Å². The third-order valence-corrected chi connectivity index (χ3v) is 1.67. The van der Waals surface area contributed by atoms with Crippen LogP contribution in [-0.2, 0) is 9.53 Å². The van der Waals surface area contributed by atoms with Crippen molar-refractivity contribution in [2.45, 2.75) is 25.6 Å². The molecule has 0 fully saturated rings. The van der Waals surface area contributed by atoms with Crippen LogP contribution < -0.4 is 5.73 Å². The molecule has 0 spiro atoms. The van der Waals surface area contributed by atoms with Crippen molar-refractivity contribution in [1.82, 2.24) is 0 Å². The average Bonchev–Trinajstić information content (AvgIpc) is 2.01. The highest BCUT2D eigenvalue weighted by molar-refractivity contribution is 5.75. The average molecular weight is 199 g/mol. The maximum Gasteiger partial charge on any atom is 0.391 e. The molecule has 0 aliphatic carbocycles. The quantitative estimate of drug-likeness (QED) is 0.692. The van der Waals surface area contributed by atoms with E-state index in [0.29, 0.717) is 0 Å². The minimum atomic E-state index is -4.31. The molecule has 0 bridgehead atoms. The first-order valence-corrected chi connectivity index (χ1v) is 3.69. The maximum absolute atomic E-state index is 12.0. The molecule has 0 heterocycles. The summed E-state index contributed by atoms with van der Waals surface area (Å²) in [7, 11) is 1.08. The van der Waals surface area contributed by atoms with Crippen LogP contribution in [0.25, 0.3) is 0 Å². The van der Waals surface area contributed by atoms with Crippen molar-refractivity contribution in [3.63, 3.8) is 0 Å². The van der Waals surface area contributed by atoms with Gasteiger partial charge < -0.3 is 10.5 Å². The molecule has 3 nitrogen and oxygen atoms in total. The van der Waals surface area contributed by atoms with Crippen molar-refractivity contribution >= 4 is 5.97 Å². The van der Waals surface area contributed by atoms with Crippen LogP contribution in [0.15, 0.2) is 0 Å². The van der Waals surface area contributed by atoms with Crippen LogP contribution in [0.5, 0.6) is 0 Å². The highest BCUT2D eigenvalue weighted by Gasteiger charge is 2.37. The van der Waals surface area contributed by atoms with Crippen molar-refractivity contribution in [3.8, 4) is 0 Å². The van der Waals surface area contributed by atoms with Gasteiger partial charge in [-0.3, -0.25) is 4.79 Å². The van der Waals surface area contributed by atoms with Gasteiger partial charge in [-0.25, -0.2) is 0 Å². The van der Waals surface area contributed by atoms with E-state index in [2.05, 4.69) is 4.74 Å². The fraction of sp³-hybridized carbons (Fsp3) is 0.857. The van der Waals surface area contributed by atoms with Gasteiger partial charge in [-0.15, -0.1) is 0 Å². The first-order valence-electron chi connectivity index (χ1n) is 3.69. The number of hydrogen-bond donors (Lipinski definition) is 1. The van der Waals surface area contributed by atoms with E-state index >= 15 is 0 Å². The Morgan fingerprint density at radius 2 is 2.00 bits per heavy atom. The molecule has 2 atom stereocenters. The second-order valence-electron chi connectivity index (χ2n) is 2.81. The topological polar surface area (TPSA) is 52.3 Å². The molecule has 2 N–H and O–H groups in total. The third kappa shape index (κ3) is 4.12. The normalized spacial score (nSPS) is 16.5. The molecule has 78 valence electrons. The Hall–Kier alpha value is -0.780. The van der Waals surface area contributed by atoms with Crippen LogP contribution >= 0.6 is 0 Å². The predicted octanol–water partition coefficient (Wildman–Crippen LogP) is 1.08. The summed E-state index contributed by atoms with van der Waals surface area (Å²) in [5.41, 5.74) is 5.15. The lowest BCUT2D eigenvalue weighted by atomic mass is 10.0. The van der Waals surface area contributed by atoms with Crippen LogP contribution in [0.1, 0.15) is 13.3 Å². The van der Waals surface area contributed by atoms with E-state index in [4.69, 9.17) is 5.73 Å². The number of ether oxygens (including phenoxy) is 1. The summed E-state index contributed by atoms with van der Waals surface area (Å²) in [6.45, 7) is 0.975. The number of carbonyl (C=O) groups is 1. The molecule has 6 heteroatoms. The number of esters is 1. The standard InChI is InChI=1S/C7H12F3NO2/c1-4(7(8,9)10)3-5(11)6(12)13-2/h4-5H,3,11H2,1-2H3. The first kappa shape index (κ1) is 12.2. The Morgan fingerprint density at radius 1 is 1.54 bits per heavy atom. The van der Waals surface area contributed by atoms with Crippen LogP contribution in [0.4, 0.5) is 13.2 Å². The summed E-state index contributed by atoms with van der Waals surface area (Å²) in [5, 5.41) is 0. The summed E-state index contributed by atoms with van der Waals surface area (Å²) in [6.07, 6.45) is -4.76. The molecule has 0 amide bonds. The minimum absolute atomic E-state index is 0.448. The van der Waals surface area contributed by atoms with Gasteiger partial charge in [-0.1, -0.05) is 6.92 Å². The molecule has 0 rings (SSSR count). The Morgan fingerprint density at radius 3 is 2.31 bits per heavy atom. The van der Waals surface area contributed by atoms with Crippen LogP contribution in [0.3, 0.4) is 0 Å². The van der Waals surface area contributed by atoms with Crippen molar-refractivity contribution in [2.75, 3.05) is 7.11 Å². The predicted molar refractivity (Wildman–Crippen MR) is 39.8 cm³/mol. The number of nitrogens with two attached hydrogens (primary N) is 1. The van der Waals surface area contributed by atoms with E-state index in [1.165, 1.54) is 0 Å². The zero-order valence-electron chi connectivity index (χ0n) is 7.39. The third-order valence-electron chi connectivity index (χ3n) is 1.67. The lowest BCUT2D eigenvalue weighted by Crippen LogP contribution is -2.36. The van der Waals surface area contributed by atoms with E-state index in [-0.39, 0.29) is 0 Å². The second-order valence-corrected chi connectivity index (χ2v) is 2.81. The SMILES string of the molecule is COC(=O)C(N)CC(C)C(F)(F)F. The summed E-state index contributed by atoms with van der Waals surface area (Å²) in [4.78, 5) is 10.7. The zero-order valence-corrected chi connectivity index (χ0v) is 7.39. The molecule has 0 aromatic heterocycles. The molecule has 0 aromatic rings. The number of carbonyl (C=O) groups excluding carboxylic acids is 1. The van der Waals surface area contributed by atoms with Crippen LogP contribution in [-0.4, -0.2) is 25.3 Å². The number of halogens is 3. The lowest BCUT2D eigenvalue weighted by Gasteiger charge is -2.18. The molecular formula is C7H12F3NO2. The summed E-state index contributed by atoms with van der Waals surface area (Å²) in [6, 6.07) is -1.21. The smallest absolute Gasteiger partial charge is 0.391 e. The number of alkyl halides is 3. The summed E-state index contributed by atoms with van der Waals surface area (Å²) >= 11 is 0. The van der Waals surface area contributed by atoms with Gasteiger partial charge in [-0.05, 0) is 6.42 Å². The molecule has 0 saturated carbocycles. The fourth-order valence-electron chi connectivity index (χ4n) is 0.762. The van der Waals surface area contributed by atoms with E-state index in [1.807, 2.05) is 0 Å². The highest BCUT2D eigenvalue weighted by Crippen LogP contribution is 2.28. The van der Waals surface area contributed by atoms with Crippen molar-refractivity contribution in [1.29, 1.82) is 0 Å². The number of methoxy groups -OCH3 is 1. The van der Waals surface area contributed by atoms with Gasteiger partial charge in [0.15, 0.2) is 0 Å². The van der Waals surface area contributed by atoms with E-state index in [9.17, 15) is 18.0 Å². The van der Waals surface area contributed by atoms with E-state index in [1.54, 1.807) is 0 Å². The van der Waals surface area contributed by atoms with Gasteiger partial charge in [0.05, 0.1) is 13.0 Å². The second kappa shape index (κ2) is 4.45. The Bertz CT molecular complexity index is 181. The van der Waals surface area contributed by atoms with E-state index < -0.39 is 30.5 Å². The molecule has 0 saturated heterocycles. The van der Waals surface area contributed by atoms with Gasteiger partial charge in [0.1, 0.15) is 6.04 Å². The molecule has 0 aliphatic heterocycles. The number of hydrogen-bond acceptors (Lipinski definition) is 3. The summed E-state index contributed by atoms with van der Waals surface area (Å²) in [5.74, 6) is -2.42. The molecule has 0 aromatic carbocycles. The van der Waals surface area contributed by atoms with Crippen LogP contribution in [0, 0.1) is 5.92 Å². The van der Waals surface area contributed by atoms with Gasteiger partial charge in [0.2, 0.25) is 0 Å². The Kier molecular flexibility index (Phi) is 4.19. The van der Waals surface area contributed by atoms with Gasteiger partial charge in [0, 0.05) is 0 Å². The largest absolute Gasteiger partial charge is 0.468 e. The van der Waals surface area contributed by atoms with Gasteiger partial charge in [-0.2, -0.15) is 13.2 Å². The van der Waals surface area contributed by atoms with Crippen molar-refractivity contribution < 1.29 is 22.7 Å². The van der Waals surface area contributed by atoms with Gasteiger partial charge >= 0.3 is 12.1 Å². The monoisotopic (exact) mass is 199 g/mol. The highest BCUT2D eigenvalue weighted by atomic mass is 19.4. The molecule has 0 aliphatic rings. The summed E-state index contributed by atoms with van der Waals surface area (Å²) < 4.78 is 40.1. The van der Waals surface area contributed by atoms with Crippen LogP contribution in [0.2, 0.25) is 0 Å².